The summed E-state index contributed by atoms with van der Waals surface area (Å²) in [6.07, 6.45) is -4.78. The van der Waals surface area contributed by atoms with Gasteiger partial charge in [-0.1, -0.05) is 0 Å². The molecule has 1 N–H and O–H groups in total. The first-order chi connectivity index (χ1) is 8.81. The number of ether oxygens (including phenoxy) is 4. The minimum atomic E-state index is -1.46. The molecular formula is C11H16O8. The van der Waals surface area contributed by atoms with Crippen LogP contribution in [0.4, 0.5) is 0 Å². The third-order valence-corrected chi connectivity index (χ3v) is 2.32. The number of carbonyl (C=O) groups is 3. The Morgan fingerprint density at radius 1 is 0.947 bits per heavy atom. The fourth-order valence-electron chi connectivity index (χ4n) is 1.72. The van der Waals surface area contributed by atoms with Gasteiger partial charge >= 0.3 is 17.9 Å². The normalized spacial score (nSPS) is 30.3. The lowest BCUT2D eigenvalue weighted by Gasteiger charge is -2.38. The van der Waals surface area contributed by atoms with Gasteiger partial charge < -0.3 is 24.1 Å². The Morgan fingerprint density at radius 3 is 1.89 bits per heavy atom. The second kappa shape index (κ2) is 6.48. The lowest BCUT2D eigenvalue weighted by atomic mass is 10.0. The number of hydrogen-bond donors (Lipinski definition) is 1. The van der Waals surface area contributed by atoms with E-state index in [0.29, 0.717) is 0 Å². The molecule has 19 heavy (non-hydrogen) atoms. The lowest BCUT2D eigenvalue weighted by Crippen LogP contribution is -2.57. The topological polar surface area (TPSA) is 108 Å². The van der Waals surface area contributed by atoms with Gasteiger partial charge in [0.1, 0.15) is 0 Å². The highest BCUT2D eigenvalue weighted by Crippen LogP contribution is 2.23. The van der Waals surface area contributed by atoms with Crippen LogP contribution in [0.1, 0.15) is 20.8 Å². The number of carbonyl (C=O) groups excluding carboxylic acids is 3. The number of rotatable bonds is 3. The molecule has 0 aromatic rings. The van der Waals surface area contributed by atoms with Crippen molar-refractivity contribution in [3.8, 4) is 0 Å². The number of esters is 3. The van der Waals surface area contributed by atoms with Crippen LogP contribution < -0.4 is 0 Å². The van der Waals surface area contributed by atoms with E-state index < -0.39 is 42.5 Å². The van der Waals surface area contributed by atoms with Gasteiger partial charge in [-0.25, -0.2) is 0 Å². The third-order valence-electron chi connectivity index (χ3n) is 2.32. The quantitative estimate of drug-likeness (QED) is 0.523. The molecule has 4 atom stereocenters. The van der Waals surface area contributed by atoms with Crippen LogP contribution in [-0.2, 0) is 33.3 Å². The summed E-state index contributed by atoms with van der Waals surface area (Å²) in [5, 5.41) is 9.62. The fourth-order valence-corrected chi connectivity index (χ4v) is 1.72. The molecule has 0 aromatic heterocycles. The van der Waals surface area contributed by atoms with Gasteiger partial charge in [-0.05, 0) is 0 Å². The molecule has 8 nitrogen and oxygen atoms in total. The van der Waals surface area contributed by atoms with Gasteiger partial charge in [-0.15, -0.1) is 0 Å². The molecule has 1 rings (SSSR count). The molecule has 0 aromatic carbocycles. The SMILES string of the molecule is CC(=O)O[C@H]1[C@H](OC(C)=O)[C@H](OC(C)=O)CO[C@H]1O. The maximum atomic E-state index is 11.1. The van der Waals surface area contributed by atoms with Gasteiger partial charge in [-0.3, -0.25) is 14.4 Å². The van der Waals surface area contributed by atoms with E-state index in [1.165, 1.54) is 6.92 Å². The average Bonchev–Trinajstić information content (AvgIpc) is 2.25. The molecule has 8 heteroatoms. The van der Waals surface area contributed by atoms with Crippen LogP contribution in [-0.4, -0.2) is 54.2 Å². The molecule has 0 spiro atoms. The van der Waals surface area contributed by atoms with Gasteiger partial charge in [0.2, 0.25) is 0 Å². The van der Waals surface area contributed by atoms with Gasteiger partial charge in [-0.2, -0.15) is 0 Å². The minimum Gasteiger partial charge on any atom is -0.456 e. The molecule has 1 aliphatic heterocycles. The Kier molecular flexibility index (Phi) is 5.25. The third kappa shape index (κ3) is 4.49. The van der Waals surface area contributed by atoms with Crippen LogP contribution in [0.2, 0.25) is 0 Å². The molecule has 0 radical (unpaired) electrons. The summed E-state index contributed by atoms with van der Waals surface area (Å²) in [6, 6.07) is 0. The largest absolute Gasteiger partial charge is 0.456 e. The van der Waals surface area contributed by atoms with Crippen molar-refractivity contribution in [2.75, 3.05) is 6.61 Å². The van der Waals surface area contributed by atoms with Gasteiger partial charge in [0.25, 0.3) is 0 Å². The summed E-state index contributed by atoms with van der Waals surface area (Å²) in [4.78, 5) is 33.0. The van der Waals surface area contributed by atoms with Gasteiger partial charge in [0.05, 0.1) is 6.61 Å². The van der Waals surface area contributed by atoms with Crippen molar-refractivity contribution in [2.24, 2.45) is 0 Å². The van der Waals surface area contributed by atoms with Gasteiger partial charge in [0.15, 0.2) is 24.6 Å². The number of aliphatic hydroxyl groups excluding tert-OH is 1. The molecule has 0 unspecified atom stereocenters. The van der Waals surface area contributed by atoms with E-state index >= 15 is 0 Å². The van der Waals surface area contributed by atoms with Crippen molar-refractivity contribution in [1.29, 1.82) is 0 Å². The molecule has 1 heterocycles. The number of hydrogen-bond acceptors (Lipinski definition) is 8. The molecule has 1 aliphatic rings. The highest BCUT2D eigenvalue weighted by Gasteiger charge is 2.46. The molecule has 108 valence electrons. The summed E-state index contributed by atoms with van der Waals surface area (Å²) in [7, 11) is 0. The van der Waals surface area contributed by atoms with E-state index in [4.69, 9.17) is 18.9 Å². The molecular weight excluding hydrogens is 260 g/mol. The summed E-state index contributed by atoms with van der Waals surface area (Å²) < 4.78 is 19.6. The van der Waals surface area contributed by atoms with E-state index in [9.17, 15) is 19.5 Å². The Hall–Kier alpha value is -1.67. The lowest BCUT2D eigenvalue weighted by molar-refractivity contribution is -0.267. The highest BCUT2D eigenvalue weighted by molar-refractivity contribution is 5.68. The monoisotopic (exact) mass is 276 g/mol. The Balaban J connectivity index is 2.89. The minimum absolute atomic E-state index is 0.170. The van der Waals surface area contributed by atoms with Crippen molar-refractivity contribution in [2.45, 2.75) is 45.4 Å². The van der Waals surface area contributed by atoms with Crippen LogP contribution >= 0.6 is 0 Å². The fraction of sp³-hybridized carbons (Fsp3) is 0.727. The Bertz CT molecular complexity index is 366. The van der Waals surface area contributed by atoms with Crippen LogP contribution in [0.3, 0.4) is 0 Å². The molecule has 0 saturated carbocycles. The van der Waals surface area contributed by atoms with Crippen molar-refractivity contribution in [3.05, 3.63) is 0 Å². The van der Waals surface area contributed by atoms with Crippen molar-refractivity contribution in [1.82, 2.24) is 0 Å². The molecule has 0 amide bonds. The van der Waals surface area contributed by atoms with E-state index in [2.05, 4.69) is 0 Å². The van der Waals surface area contributed by atoms with Crippen LogP contribution in [0.5, 0.6) is 0 Å². The molecule has 0 bridgehead atoms. The van der Waals surface area contributed by atoms with E-state index in [1.54, 1.807) is 0 Å². The van der Waals surface area contributed by atoms with Crippen molar-refractivity contribution < 1.29 is 38.4 Å². The number of aliphatic hydroxyl groups is 1. The first-order valence-corrected chi connectivity index (χ1v) is 5.62. The van der Waals surface area contributed by atoms with Crippen LogP contribution in [0.15, 0.2) is 0 Å². The second-order valence-electron chi connectivity index (χ2n) is 4.02. The Morgan fingerprint density at radius 2 is 1.42 bits per heavy atom. The van der Waals surface area contributed by atoms with Crippen molar-refractivity contribution in [3.63, 3.8) is 0 Å². The van der Waals surface area contributed by atoms with Crippen LogP contribution in [0.25, 0.3) is 0 Å². The molecule has 1 saturated heterocycles. The summed E-state index contributed by atoms with van der Waals surface area (Å²) in [5.41, 5.74) is 0. The predicted molar refractivity (Wildman–Crippen MR) is 58.6 cm³/mol. The zero-order chi connectivity index (χ0) is 14.6. The maximum absolute atomic E-state index is 11.1. The molecule has 1 fully saturated rings. The summed E-state index contributed by atoms with van der Waals surface area (Å²) in [5.74, 6) is -1.95. The standard InChI is InChI=1S/C11H16O8/c1-5(12)17-8-4-16-11(15)10(19-7(3)14)9(8)18-6(2)13/h8-11,15H,4H2,1-3H3/t8-,9-,10+,11-/m1/s1. The predicted octanol–water partition coefficient (Wildman–Crippen LogP) is -0.870. The van der Waals surface area contributed by atoms with Gasteiger partial charge in [0, 0.05) is 20.8 Å². The summed E-state index contributed by atoms with van der Waals surface area (Å²) >= 11 is 0. The van der Waals surface area contributed by atoms with E-state index in [-0.39, 0.29) is 6.61 Å². The van der Waals surface area contributed by atoms with Crippen LogP contribution in [0, 0.1) is 0 Å². The first kappa shape index (κ1) is 15.4. The van der Waals surface area contributed by atoms with E-state index in [0.717, 1.165) is 13.8 Å². The smallest absolute Gasteiger partial charge is 0.303 e. The maximum Gasteiger partial charge on any atom is 0.303 e. The van der Waals surface area contributed by atoms with Crippen molar-refractivity contribution >= 4 is 17.9 Å². The van der Waals surface area contributed by atoms with E-state index in [1.807, 2.05) is 0 Å². The average molecular weight is 276 g/mol. The second-order valence-corrected chi connectivity index (χ2v) is 4.02. The Labute approximate surface area is 109 Å². The zero-order valence-electron chi connectivity index (χ0n) is 10.8. The summed E-state index contributed by atoms with van der Waals surface area (Å²) in [6.45, 7) is 3.29. The zero-order valence-corrected chi connectivity index (χ0v) is 10.8. The molecule has 0 aliphatic carbocycles. The highest BCUT2D eigenvalue weighted by atomic mass is 16.7. The first-order valence-electron chi connectivity index (χ1n) is 5.62.